The first-order valence-corrected chi connectivity index (χ1v) is 7.69. The van der Waals surface area contributed by atoms with Crippen molar-refractivity contribution < 1.29 is 9.53 Å². The van der Waals surface area contributed by atoms with Gasteiger partial charge in [-0.2, -0.15) is 0 Å². The molecule has 1 unspecified atom stereocenters. The summed E-state index contributed by atoms with van der Waals surface area (Å²) in [6, 6.07) is 5.25. The summed E-state index contributed by atoms with van der Waals surface area (Å²) in [6.07, 6.45) is 3.15. The number of benzene rings is 1. The highest BCUT2D eigenvalue weighted by Crippen LogP contribution is 2.23. The number of hydrogen-bond donors (Lipinski definition) is 2. The van der Waals surface area contributed by atoms with Crippen molar-refractivity contribution in [3.8, 4) is 5.75 Å². The molecule has 116 valence electrons. The van der Waals surface area contributed by atoms with E-state index in [0.717, 1.165) is 43.8 Å². The molecule has 0 aromatic heterocycles. The van der Waals surface area contributed by atoms with Gasteiger partial charge in [0.15, 0.2) is 0 Å². The van der Waals surface area contributed by atoms with Gasteiger partial charge in [-0.15, -0.1) is 0 Å². The van der Waals surface area contributed by atoms with E-state index < -0.39 is 0 Å². The highest BCUT2D eigenvalue weighted by atomic mass is 16.5. The zero-order chi connectivity index (χ0) is 15.2. The zero-order valence-corrected chi connectivity index (χ0v) is 12.9. The molecule has 1 heterocycles. The van der Waals surface area contributed by atoms with Crippen LogP contribution in [0.5, 0.6) is 5.75 Å². The van der Waals surface area contributed by atoms with E-state index in [4.69, 9.17) is 10.5 Å². The van der Waals surface area contributed by atoms with Gasteiger partial charge in [0, 0.05) is 36.6 Å². The Kier molecular flexibility index (Phi) is 5.31. The van der Waals surface area contributed by atoms with Gasteiger partial charge >= 0.3 is 0 Å². The first-order valence-electron chi connectivity index (χ1n) is 7.69. The Morgan fingerprint density at radius 3 is 2.76 bits per heavy atom. The molecule has 0 radical (unpaired) electrons. The lowest BCUT2D eigenvalue weighted by Gasteiger charge is -2.22. The number of hydrogen-bond acceptors (Lipinski definition) is 4. The number of amides is 1. The van der Waals surface area contributed by atoms with Crippen molar-refractivity contribution in [2.45, 2.75) is 39.2 Å². The molecule has 1 aliphatic rings. The summed E-state index contributed by atoms with van der Waals surface area (Å²) in [7, 11) is 0. The molecule has 1 aromatic rings. The Balaban J connectivity index is 2.00. The van der Waals surface area contributed by atoms with Crippen LogP contribution in [0.3, 0.4) is 0 Å². The third-order valence-electron chi connectivity index (χ3n) is 3.57. The average molecular weight is 291 g/mol. The van der Waals surface area contributed by atoms with Crippen LogP contribution >= 0.6 is 0 Å². The molecule has 0 bridgehead atoms. The Labute approximate surface area is 126 Å². The second kappa shape index (κ2) is 7.20. The molecule has 1 aliphatic heterocycles. The second-order valence-corrected chi connectivity index (χ2v) is 5.54. The summed E-state index contributed by atoms with van der Waals surface area (Å²) < 4.78 is 5.60. The Bertz CT molecular complexity index is 484. The van der Waals surface area contributed by atoms with Crippen LogP contribution in [-0.4, -0.2) is 36.5 Å². The van der Waals surface area contributed by atoms with Gasteiger partial charge in [-0.1, -0.05) is 6.92 Å². The number of anilines is 2. The standard InChI is InChI=1S/C16H25N3O2/c1-3-8-21-15-10-13(17)9-14(11-15)18-12(2)16(20)19-6-4-5-7-19/h9-12,18H,3-8,17H2,1-2H3. The van der Waals surface area contributed by atoms with Crippen LogP contribution < -0.4 is 15.8 Å². The van der Waals surface area contributed by atoms with Crippen LogP contribution in [0.25, 0.3) is 0 Å². The van der Waals surface area contributed by atoms with E-state index in [1.165, 1.54) is 0 Å². The molecule has 5 heteroatoms. The molecule has 1 fully saturated rings. The molecule has 1 saturated heterocycles. The van der Waals surface area contributed by atoms with Crippen molar-refractivity contribution in [3.05, 3.63) is 18.2 Å². The summed E-state index contributed by atoms with van der Waals surface area (Å²) >= 11 is 0. The molecular formula is C16H25N3O2. The molecular weight excluding hydrogens is 266 g/mol. The predicted octanol–water partition coefficient (Wildman–Crippen LogP) is 2.48. The largest absolute Gasteiger partial charge is 0.493 e. The van der Waals surface area contributed by atoms with E-state index in [1.807, 2.05) is 24.0 Å². The Morgan fingerprint density at radius 2 is 2.10 bits per heavy atom. The van der Waals surface area contributed by atoms with E-state index >= 15 is 0 Å². The molecule has 2 rings (SSSR count). The molecule has 0 spiro atoms. The van der Waals surface area contributed by atoms with Crippen LogP contribution in [-0.2, 0) is 4.79 Å². The van der Waals surface area contributed by atoms with Gasteiger partial charge in [-0.05, 0) is 32.3 Å². The maximum atomic E-state index is 12.3. The van der Waals surface area contributed by atoms with E-state index in [-0.39, 0.29) is 11.9 Å². The van der Waals surface area contributed by atoms with Crippen molar-refractivity contribution in [1.29, 1.82) is 0 Å². The number of carbonyl (C=O) groups is 1. The van der Waals surface area contributed by atoms with Crippen molar-refractivity contribution in [1.82, 2.24) is 4.90 Å². The Morgan fingerprint density at radius 1 is 1.38 bits per heavy atom. The summed E-state index contributed by atoms with van der Waals surface area (Å²) in [6.45, 7) is 6.34. The maximum Gasteiger partial charge on any atom is 0.244 e. The van der Waals surface area contributed by atoms with Crippen molar-refractivity contribution in [2.24, 2.45) is 0 Å². The first kappa shape index (κ1) is 15.5. The van der Waals surface area contributed by atoms with Crippen LogP contribution in [0.15, 0.2) is 18.2 Å². The van der Waals surface area contributed by atoms with Gasteiger partial charge in [-0.25, -0.2) is 0 Å². The third kappa shape index (κ3) is 4.28. The van der Waals surface area contributed by atoms with Crippen LogP contribution in [0.2, 0.25) is 0 Å². The van der Waals surface area contributed by atoms with Crippen LogP contribution in [0.1, 0.15) is 33.1 Å². The van der Waals surface area contributed by atoms with Crippen molar-refractivity contribution in [2.75, 3.05) is 30.7 Å². The van der Waals surface area contributed by atoms with Crippen molar-refractivity contribution >= 4 is 17.3 Å². The van der Waals surface area contributed by atoms with Gasteiger partial charge in [0.1, 0.15) is 11.8 Å². The molecule has 1 amide bonds. The second-order valence-electron chi connectivity index (χ2n) is 5.54. The third-order valence-corrected chi connectivity index (χ3v) is 3.57. The maximum absolute atomic E-state index is 12.3. The smallest absolute Gasteiger partial charge is 0.244 e. The minimum Gasteiger partial charge on any atom is -0.493 e. The molecule has 3 N–H and O–H groups in total. The van der Waals surface area contributed by atoms with Gasteiger partial charge in [0.25, 0.3) is 0 Å². The summed E-state index contributed by atoms with van der Waals surface area (Å²) in [5, 5.41) is 3.22. The fourth-order valence-corrected chi connectivity index (χ4v) is 2.53. The molecule has 5 nitrogen and oxygen atoms in total. The number of nitrogen functional groups attached to an aromatic ring is 1. The zero-order valence-electron chi connectivity index (χ0n) is 12.9. The number of nitrogens with one attached hydrogen (secondary N) is 1. The molecule has 0 saturated carbocycles. The first-order chi connectivity index (χ1) is 10.1. The van der Waals surface area contributed by atoms with Gasteiger partial charge in [0.2, 0.25) is 5.91 Å². The summed E-state index contributed by atoms with van der Waals surface area (Å²) in [5.74, 6) is 0.881. The normalized spacial score (nSPS) is 15.8. The van der Waals surface area contributed by atoms with Crippen LogP contribution in [0.4, 0.5) is 11.4 Å². The van der Waals surface area contributed by atoms with E-state index in [1.54, 1.807) is 6.07 Å². The van der Waals surface area contributed by atoms with Gasteiger partial charge in [0.05, 0.1) is 6.61 Å². The monoisotopic (exact) mass is 291 g/mol. The molecule has 1 atom stereocenters. The van der Waals surface area contributed by atoms with E-state index in [0.29, 0.717) is 12.3 Å². The number of nitrogens with zero attached hydrogens (tertiary/aromatic N) is 1. The van der Waals surface area contributed by atoms with Gasteiger partial charge in [-0.3, -0.25) is 4.79 Å². The fraction of sp³-hybridized carbons (Fsp3) is 0.562. The number of rotatable bonds is 6. The topological polar surface area (TPSA) is 67.6 Å². The predicted molar refractivity (Wildman–Crippen MR) is 85.5 cm³/mol. The lowest BCUT2D eigenvalue weighted by Crippen LogP contribution is -2.39. The minimum atomic E-state index is -0.260. The van der Waals surface area contributed by atoms with Crippen LogP contribution in [0, 0.1) is 0 Å². The van der Waals surface area contributed by atoms with E-state index in [9.17, 15) is 4.79 Å². The fourth-order valence-electron chi connectivity index (χ4n) is 2.53. The molecule has 1 aromatic carbocycles. The van der Waals surface area contributed by atoms with E-state index in [2.05, 4.69) is 12.2 Å². The lowest BCUT2D eigenvalue weighted by atomic mass is 10.2. The highest BCUT2D eigenvalue weighted by Gasteiger charge is 2.23. The molecule has 21 heavy (non-hydrogen) atoms. The summed E-state index contributed by atoms with van der Waals surface area (Å²) in [5.41, 5.74) is 7.34. The highest BCUT2D eigenvalue weighted by molar-refractivity contribution is 5.84. The number of likely N-dealkylation sites (tertiary alicyclic amines) is 1. The Hall–Kier alpha value is -1.91. The van der Waals surface area contributed by atoms with Crippen molar-refractivity contribution in [3.63, 3.8) is 0 Å². The minimum absolute atomic E-state index is 0.144. The summed E-state index contributed by atoms with van der Waals surface area (Å²) in [4.78, 5) is 14.2. The quantitative estimate of drug-likeness (QED) is 0.790. The van der Waals surface area contributed by atoms with Gasteiger partial charge < -0.3 is 20.7 Å². The molecule has 0 aliphatic carbocycles. The lowest BCUT2D eigenvalue weighted by molar-refractivity contribution is -0.130. The number of nitrogens with two attached hydrogens (primary N) is 1. The SMILES string of the molecule is CCCOc1cc(N)cc(NC(C)C(=O)N2CCCC2)c1. The number of carbonyl (C=O) groups excluding carboxylic acids is 1. The average Bonchev–Trinajstić information content (AvgIpc) is 2.97. The number of ether oxygens (including phenoxy) is 1.